The maximum absolute atomic E-state index is 11.3. The Hall–Kier alpha value is -2.87. The molecule has 0 radical (unpaired) electrons. The number of hydrogen-bond acceptors (Lipinski definition) is 5. The van der Waals surface area contributed by atoms with Gasteiger partial charge in [0.05, 0.1) is 36.5 Å². The number of ether oxygens (including phenoxy) is 1. The third-order valence-corrected chi connectivity index (χ3v) is 2.73. The minimum absolute atomic E-state index is 0.399. The highest BCUT2D eigenvalue weighted by Crippen LogP contribution is 2.10. The monoisotopic (exact) mass is 267 g/mol. The number of rotatable bonds is 4. The molecule has 0 aliphatic heterocycles. The lowest BCUT2D eigenvalue weighted by molar-refractivity contribution is 0.0600. The van der Waals surface area contributed by atoms with Crippen LogP contribution in [0.4, 0.5) is 5.69 Å². The third kappa shape index (κ3) is 3.33. The summed E-state index contributed by atoms with van der Waals surface area (Å²) in [5.41, 5.74) is 2.76. The number of carbonyl (C=O) groups excluding carboxylic acids is 1. The second-order valence-electron chi connectivity index (χ2n) is 4.07. The fourth-order valence-electron chi connectivity index (χ4n) is 1.62. The van der Waals surface area contributed by atoms with Gasteiger partial charge in [0.1, 0.15) is 0 Å². The highest BCUT2D eigenvalue weighted by atomic mass is 16.5. The molecule has 1 heterocycles. The van der Waals surface area contributed by atoms with E-state index in [1.54, 1.807) is 24.3 Å². The summed E-state index contributed by atoms with van der Waals surface area (Å²) in [5.74, 6) is -0.399. The normalized spacial score (nSPS) is 9.60. The van der Waals surface area contributed by atoms with Crippen molar-refractivity contribution in [3.05, 3.63) is 59.4 Å². The van der Waals surface area contributed by atoms with E-state index in [-0.39, 0.29) is 0 Å². The number of esters is 1. The Balaban J connectivity index is 1.96. The van der Waals surface area contributed by atoms with E-state index in [9.17, 15) is 4.79 Å². The van der Waals surface area contributed by atoms with E-state index in [0.717, 1.165) is 11.4 Å². The molecule has 2 aromatic rings. The highest BCUT2D eigenvalue weighted by molar-refractivity contribution is 5.88. The lowest BCUT2D eigenvalue weighted by Gasteiger charge is -2.06. The third-order valence-electron chi connectivity index (χ3n) is 2.73. The van der Waals surface area contributed by atoms with Gasteiger partial charge in [0.25, 0.3) is 0 Å². The van der Waals surface area contributed by atoms with Gasteiger partial charge in [0.2, 0.25) is 0 Å². The average Bonchev–Trinajstić information content (AvgIpc) is 2.53. The van der Waals surface area contributed by atoms with Gasteiger partial charge in [-0.05, 0) is 36.4 Å². The van der Waals surface area contributed by atoms with Crippen LogP contribution in [0.15, 0.2) is 42.6 Å². The lowest BCUT2D eigenvalue weighted by atomic mass is 10.2. The molecule has 0 bridgehead atoms. The number of nitriles is 1. The van der Waals surface area contributed by atoms with Crippen molar-refractivity contribution in [2.45, 2.75) is 6.54 Å². The number of carbonyl (C=O) groups is 1. The van der Waals surface area contributed by atoms with Crippen LogP contribution in [0.5, 0.6) is 0 Å². The van der Waals surface area contributed by atoms with Gasteiger partial charge in [-0.3, -0.25) is 4.98 Å². The Morgan fingerprint density at radius 1 is 1.30 bits per heavy atom. The molecule has 2 rings (SSSR count). The number of methoxy groups -OCH3 is 1. The summed E-state index contributed by atoms with van der Waals surface area (Å²) in [5, 5.41) is 11.9. The molecule has 1 aromatic carbocycles. The molecule has 0 unspecified atom stereocenters. The van der Waals surface area contributed by atoms with E-state index in [2.05, 4.69) is 21.1 Å². The molecule has 20 heavy (non-hydrogen) atoms. The predicted molar refractivity (Wildman–Crippen MR) is 74.1 cm³/mol. The smallest absolute Gasteiger partial charge is 0.339 e. The van der Waals surface area contributed by atoms with Crippen molar-refractivity contribution in [3.8, 4) is 6.07 Å². The van der Waals surface area contributed by atoms with Crippen LogP contribution in [0.2, 0.25) is 0 Å². The molecule has 0 aliphatic rings. The zero-order chi connectivity index (χ0) is 14.4. The molecule has 100 valence electrons. The van der Waals surface area contributed by atoms with Crippen LogP contribution in [-0.2, 0) is 11.3 Å². The Morgan fingerprint density at radius 2 is 2.05 bits per heavy atom. The summed E-state index contributed by atoms with van der Waals surface area (Å²) in [6.45, 7) is 0.535. The molecule has 0 fully saturated rings. The predicted octanol–water partition coefficient (Wildman–Crippen LogP) is 2.35. The van der Waals surface area contributed by atoms with Gasteiger partial charge in [-0.25, -0.2) is 4.79 Å². The molecule has 0 spiro atoms. The van der Waals surface area contributed by atoms with Crippen molar-refractivity contribution in [2.24, 2.45) is 0 Å². The summed E-state index contributed by atoms with van der Waals surface area (Å²) >= 11 is 0. The Labute approximate surface area is 116 Å². The first kappa shape index (κ1) is 13.6. The molecule has 0 saturated heterocycles. The number of nitrogens with one attached hydrogen (secondary N) is 1. The highest BCUT2D eigenvalue weighted by Gasteiger charge is 2.05. The number of hydrogen-bond donors (Lipinski definition) is 1. The molecule has 1 N–H and O–H groups in total. The Bertz CT molecular complexity index is 628. The molecule has 0 atom stereocenters. The number of benzene rings is 1. The molecule has 5 heteroatoms. The molecular formula is C15H13N3O2. The second kappa shape index (κ2) is 6.34. The first-order valence-corrected chi connectivity index (χ1v) is 6.00. The summed E-state index contributed by atoms with van der Waals surface area (Å²) in [4.78, 5) is 15.4. The Kier molecular flexibility index (Phi) is 4.30. The summed E-state index contributed by atoms with van der Waals surface area (Å²) in [6.07, 6.45) is 1.49. The number of anilines is 1. The van der Waals surface area contributed by atoms with Crippen LogP contribution >= 0.6 is 0 Å². The van der Waals surface area contributed by atoms with E-state index < -0.39 is 5.97 Å². The lowest BCUT2D eigenvalue weighted by Crippen LogP contribution is -2.05. The topological polar surface area (TPSA) is 75.0 Å². The zero-order valence-corrected chi connectivity index (χ0v) is 11.0. The second-order valence-corrected chi connectivity index (χ2v) is 4.07. The molecular weight excluding hydrogens is 254 g/mol. The van der Waals surface area contributed by atoms with Gasteiger partial charge in [-0.2, -0.15) is 5.26 Å². The maximum Gasteiger partial charge on any atom is 0.339 e. The first-order chi connectivity index (χ1) is 9.72. The van der Waals surface area contributed by atoms with Crippen molar-refractivity contribution in [3.63, 3.8) is 0 Å². The van der Waals surface area contributed by atoms with Crippen LogP contribution in [-0.4, -0.2) is 18.1 Å². The molecule has 0 saturated carbocycles. The van der Waals surface area contributed by atoms with E-state index in [4.69, 9.17) is 5.26 Å². The van der Waals surface area contributed by atoms with Crippen molar-refractivity contribution in [2.75, 3.05) is 12.4 Å². The van der Waals surface area contributed by atoms with Gasteiger partial charge in [0, 0.05) is 11.9 Å². The number of aromatic nitrogens is 1. The summed E-state index contributed by atoms with van der Waals surface area (Å²) in [7, 11) is 1.34. The van der Waals surface area contributed by atoms with E-state index >= 15 is 0 Å². The van der Waals surface area contributed by atoms with Gasteiger partial charge in [-0.1, -0.05) is 0 Å². The van der Waals surface area contributed by atoms with Crippen molar-refractivity contribution in [1.82, 2.24) is 4.98 Å². The van der Waals surface area contributed by atoms with Crippen LogP contribution in [0.1, 0.15) is 21.6 Å². The van der Waals surface area contributed by atoms with E-state index in [0.29, 0.717) is 17.7 Å². The van der Waals surface area contributed by atoms with Crippen molar-refractivity contribution in [1.29, 1.82) is 5.26 Å². The molecule has 1 aromatic heterocycles. The largest absolute Gasteiger partial charge is 0.465 e. The summed E-state index contributed by atoms with van der Waals surface area (Å²) < 4.78 is 4.61. The zero-order valence-electron chi connectivity index (χ0n) is 11.0. The standard InChI is InChI=1S/C15H13N3O2/c1-20-15(19)12-4-7-14(17-9-12)10-18-13-5-2-11(8-16)3-6-13/h2-7,9,18H,10H2,1H3. The van der Waals surface area contributed by atoms with E-state index in [1.165, 1.54) is 13.3 Å². The van der Waals surface area contributed by atoms with Gasteiger partial charge in [0.15, 0.2) is 0 Å². The average molecular weight is 267 g/mol. The fraction of sp³-hybridized carbons (Fsp3) is 0.133. The maximum atomic E-state index is 11.3. The minimum atomic E-state index is -0.399. The molecule has 5 nitrogen and oxygen atoms in total. The Morgan fingerprint density at radius 3 is 2.60 bits per heavy atom. The van der Waals surface area contributed by atoms with Crippen molar-refractivity contribution >= 4 is 11.7 Å². The fourth-order valence-corrected chi connectivity index (χ4v) is 1.62. The van der Waals surface area contributed by atoms with Crippen LogP contribution in [0.25, 0.3) is 0 Å². The van der Waals surface area contributed by atoms with Crippen LogP contribution in [0, 0.1) is 11.3 Å². The SMILES string of the molecule is COC(=O)c1ccc(CNc2ccc(C#N)cc2)nc1. The number of pyridine rings is 1. The minimum Gasteiger partial charge on any atom is -0.465 e. The van der Waals surface area contributed by atoms with Gasteiger partial charge < -0.3 is 10.1 Å². The quantitative estimate of drug-likeness (QED) is 0.861. The number of nitrogens with zero attached hydrogens (tertiary/aromatic N) is 2. The summed E-state index contributed by atoms with van der Waals surface area (Å²) in [6, 6.07) is 12.7. The van der Waals surface area contributed by atoms with Crippen molar-refractivity contribution < 1.29 is 9.53 Å². The first-order valence-electron chi connectivity index (χ1n) is 6.00. The van der Waals surface area contributed by atoms with E-state index in [1.807, 2.05) is 12.1 Å². The van der Waals surface area contributed by atoms with Gasteiger partial charge >= 0.3 is 5.97 Å². The molecule has 0 amide bonds. The van der Waals surface area contributed by atoms with Crippen LogP contribution in [0.3, 0.4) is 0 Å². The molecule has 0 aliphatic carbocycles. The van der Waals surface area contributed by atoms with Gasteiger partial charge in [-0.15, -0.1) is 0 Å². The van der Waals surface area contributed by atoms with Crippen LogP contribution < -0.4 is 5.32 Å².